The van der Waals surface area contributed by atoms with Crippen molar-refractivity contribution in [2.24, 2.45) is 0 Å². The molecular weight excluding hydrogens is 277 g/mol. The van der Waals surface area contributed by atoms with Gasteiger partial charge >= 0.3 is 0 Å². The van der Waals surface area contributed by atoms with E-state index in [1.807, 2.05) is 33.8 Å². The molecule has 0 saturated heterocycles. The third-order valence-corrected chi connectivity index (χ3v) is 4.51. The van der Waals surface area contributed by atoms with Crippen LogP contribution in [0.25, 0.3) is 0 Å². The van der Waals surface area contributed by atoms with Gasteiger partial charge in [-0.15, -0.1) is 4.72 Å². The molecule has 0 aromatic heterocycles. The Kier molecular flexibility index (Phi) is 5.17. The molecule has 1 rings (SSSR count). The van der Waals surface area contributed by atoms with Gasteiger partial charge in [-0.2, -0.15) is 0 Å². The third kappa shape index (κ3) is 4.34. The summed E-state index contributed by atoms with van der Waals surface area (Å²) >= 11 is 10.8. The van der Waals surface area contributed by atoms with Crippen molar-refractivity contribution in [3.8, 4) is 0 Å². The zero-order chi connectivity index (χ0) is 13.2. The standard InChI is InChI=1S/C12H17Cl2NOS/c1-8(15-17(16)12(2,3)4)10-6-5-9(13)7-11(10)14/h5-8,15H,1-4H3/t8-,17?/m1/s1. The van der Waals surface area contributed by atoms with Gasteiger partial charge < -0.3 is 4.55 Å². The average molecular weight is 294 g/mol. The molecule has 0 heterocycles. The van der Waals surface area contributed by atoms with Crippen molar-refractivity contribution >= 4 is 34.6 Å². The molecule has 1 aromatic rings. The number of benzene rings is 1. The molecule has 2 atom stereocenters. The quantitative estimate of drug-likeness (QED) is 0.852. The van der Waals surface area contributed by atoms with Crippen LogP contribution in [0, 0.1) is 0 Å². The van der Waals surface area contributed by atoms with E-state index in [1.54, 1.807) is 12.1 Å². The van der Waals surface area contributed by atoms with E-state index in [4.69, 9.17) is 23.2 Å². The van der Waals surface area contributed by atoms with Gasteiger partial charge in [0.15, 0.2) is 0 Å². The van der Waals surface area contributed by atoms with Crippen LogP contribution < -0.4 is 4.72 Å². The highest BCUT2D eigenvalue weighted by molar-refractivity contribution is 7.90. The molecule has 0 aliphatic rings. The Morgan fingerprint density at radius 3 is 2.35 bits per heavy atom. The molecule has 96 valence electrons. The lowest BCUT2D eigenvalue weighted by molar-refractivity contribution is 0.531. The zero-order valence-electron chi connectivity index (χ0n) is 10.4. The normalized spacial score (nSPS) is 15.7. The fraction of sp³-hybridized carbons (Fsp3) is 0.500. The maximum atomic E-state index is 12.0. The Labute approximate surface area is 116 Å². The first-order chi connectivity index (χ1) is 7.71. The summed E-state index contributed by atoms with van der Waals surface area (Å²) in [5.74, 6) is 0. The van der Waals surface area contributed by atoms with Gasteiger partial charge in [0.05, 0.1) is 6.04 Å². The molecule has 5 heteroatoms. The van der Waals surface area contributed by atoms with Crippen molar-refractivity contribution in [2.45, 2.75) is 38.5 Å². The Hall–Kier alpha value is 0.0700. The number of hydrogen-bond donors (Lipinski definition) is 1. The molecule has 2 nitrogen and oxygen atoms in total. The predicted octanol–water partition coefficient (Wildman–Crippen LogP) is 4.11. The summed E-state index contributed by atoms with van der Waals surface area (Å²) in [6, 6.07) is 5.24. The van der Waals surface area contributed by atoms with Crippen LogP contribution in [-0.2, 0) is 11.4 Å². The van der Waals surface area contributed by atoms with E-state index in [2.05, 4.69) is 4.72 Å². The Balaban J connectivity index is 2.80. The van der Waals surface area contributed by atoms with Crippen LogP contribution in [0.15, 0.2) is 18.2 Å². The minimum Gasteiger partial charge on any atom is -0.598 e. The second-order valence-corrected chi connectivity index (χ2v) is 7.73. The van der Waals surface area contributed by atoms with E-state index in [1.165, 1.54) is 0 Å². The molecule has 0 saturated carbocycles. The molecule has 0 bridgehead atoms. The first kappa shape index (κ1) is 15.1. The van der Waals surface area contributed by atoms with Gasteiger partial charge in [0, 0.05) is 21.4 Å². The van der Waals surface area contributed by atoms with Gasteiger partial charge in [-0.05, 0) is 45.4 Å². The number of nitrogens with one attached hydrogen (secondary N) is 1. The van der Waals surface area contributed by atoms with Gasteiger partial charge in [-0.25, -0.2) is 0 Å². The minimum absolute atomic E-state index is 0.0835. The van der Waals surface area contributed by atoms with Gasteiger partial charge in [0.1, 0.15) is 4.75 Å². The van der Waals surface area contributed by atoms with Crippen LogP contribution in [0.3, 0.4) is 0 Å². The Bertz CT molecular complexity index is 393. The molecule has 0 radical (unpaired) electrons. The van der Waals surface area contributed by atoms with Gasteiger partial charge in [0.25, 0.3) is 0 Å². The number of halogens is 2. The minimum atomic E-state index is -1.12. The highest BCUT2D eigenvalue weighted by atomic mass is 35.5. The van der Waals surface area contributed by atoms with Crippen LogP contribution in [0.2, 0.25) is 10.0 Å². The largest absolute Gasteiger partial charge is 0.598 e. The van der Waals surface area contributed by atoms with Gasteiger partial charge in [-0.1, -0.05) is 29.3 Å². The lowest BCUT2D eigenvalue weighted by atomic mass is 10.1. The van der Waals surface area contributed by atoms with Crippen LogP contribution in [-0.4, -0.2) is 9.30 Å². The van der Waals surface area contributed by atoms with E-state index < -0.39 is 11.4 Å². The van der Waals surface area contributed by atoms with E-state index in [0.29, 0.717) is 10.0 Å². The molecule has 0 spiro atoms. The van der Waals surface area contributed by atoms with Crippen LogP contribution >= 0.6 is 23.2 Å². The highest BCUT2D eigenvalue weighted by Crippen LogP contribution is 2.27. The first-order valence-corrected chi connectivity index (χ1v) is 7.25. The Morgan fingerprint density at radius 1 is 1.29 bits per heavy atom. The van der Waals surface area contributed by atoms with Crippen molar-refractivity contribution in [3.63, 3.8) is 0 Å². The van der Waals surface area contributed by atoms with E-state index in [-0.39, 0.29) is 10.8 Å². The maximum Gasteiger partial charge on any atom is 0.136 e. The summed E-state index contributed by atoms with van der Waals surface area (Å²) in [7, 11) is 0. The summed E-state index contributed by atoms with van der Waals surface area (Å²) < 4.78 is 14.7. The molecule has 17 heavy (non-hydrogen) atoms. The van der Waals surface area contributed by atoms with Crippen molar-refractivity contribution in [1.29, 1.82) is 0 Å². The topological polar surface area (TPSA) is 35.1 Å². The summed E-state index contributed by atoms with van der Waals surface area (Å²) in [5.41, 5.74) is 0.897. The summed E-state index contributed by atoms with van der Waals surface area (Å²) in [4.78, 5) is 0. The van der Waals surface area contributed by atoms with Crippen LogP contribution in [0.5, 0.6) is 0 Å². The summed E-state index contributed by atoms with van der Waals surface area (Å²) in [6.45, 7) is 7.70. The SMILES string of the molecule is C[C@@H](N[S+]([O-])C(C)(C)C)c1ccc(Cl)cc1Cl. The van der Waals surface area contributed by atoms with E-state index >= 15 is 0 Å². The monoisotopic (exact) mass is 293 g/mol. The fourth-order valence-electron chi connectivity index (χ4n) is 1.25. The molecular formula is C12H17Cl2NOS. The third-order valence-electron chi connectivity index (χ3n) is 2.27. The fourth-order valence-corrected chi connectivity index (χ4v) is 2.63. The second-order valence-electron chi connectivity index (χ2n) is 4.89. The lowest BCUT2D eigenvalue weighted by Crippen LogP contribution is -2.40. The highest BCUT2D eigenvalue weighted by Gasteiger charge is 2.28. The number of rotatable bonds is 3. The molecule has 1 aromatic carbocycles. The van der Waals surface area contributed by atoms with Crippen molar-refractivity contribution in [1.82, 2.24) is 4.72 Å². The molecule has 0 aliphatic carbocycles. The van der Waals surface area contributed by atoms with Gasteiger partial charge in [-0.3, -0.25) is 0 Å². The van der Waals surface area contributed by atoms with Crippen LogP contribution in [0.1, 0.15) is 39.3 Å². The van der Waals surface area contributed by atoms with Crippen molar-refractivity contribution < 1.29 is 4.55 Å². The number of hydrogen-bond acceptors (Lipinski definition) is 2. The van der Waals surface area contributed by atoms with Crippen molar-refractivity contribution in [3.05, 3.63) is 33.8 Å². The maximum absolute atomic E-state index is 12.0. The lowest BCUT2D eigenvalue weighted by Gasteiger charge is -2.26. The zero-order valence-corrected chi connectivity index (χ0v) is 12.7. The van der Waals surface area contributed by atoms with Crippen molar-refractivity contribution in [2.75, 3.05) is 0 Å². The summed E-state index contributed by atoms with van der Waals surface area (Å²) in [5, 5.41) is 1.19. The molecule has 0 aliphatic heterocycles. The molecule has 0 amide bonds. The smallest absolute Gasteiger partial charge is 0.136 e. The van der Waals surface area contributed by atoms with E-state index in [9.17, 15) is 4.55 Å². The summed E-state index contributed by atoms with van der Waals surface area (Å²) in [6.07, 6.45) is 0. The Morgan fingerprint density at radius 2 is 1.88 bits per heavy atom. The first-order valence-electron chi connectivity index (χ1n) is 5.35. The molecule has 0 fully saturated rings. The molecule has 1 unspecified atom stereocenters. The molecule has 1 N–H and O–H groups in total. The second kappa shape index (κ2) is 5.81. The van der Waals surface area contributed by atoms with E-state index in [0.717, 1.165) is 5.56 Å². The van der Waals surface area contributed by atoms with Gasteiger partial charge in [0.2, 0.25) is 0 Å². The van der Waals surface area contributed by atoms with Crippen LogP contribution in [0.4, 0.5) is 0 Å². The average Bonchev–Trinajstić information content (AvgIpc) is 2.15. The predicted molar refractivity (Wildman–Crippen MR) is 75.9 cm³/mol.